The van der Waals surface area contributed by atoms with Gasteiger partial charge in [0.15, 0.2) is 0 Å². The van der Waals surface area contributed by atoms with Gasteiger partial charge in [-0.2, -0.15) is 0 Å². The molecular formula is C15H28N2O4. The highest BCUT2D eigenvalue weighted by molar-refractivity contribution is 5.77. The van der Waals surface area contributed by atoms with Crippen LogP contribution in [0, 0.1) is 11.3 Å². The first kappa shape index (κ1) is 17.8. The minimum atomic E-state index is -0.907. The Balaban J connectivity index is 2.89. The van der Waals surface area contributed by atoms with Gasteiger partial charge in [0.25, 0.3) is 0 Å². The first-order chi connectivity index (χ1) is 9.61. The first-order valence-electron chi connectivity index (χ1n) is 7.45. The normalized spacial score (nSPS) is 23.7. The number of carboxylic acid groups (broad SMARTS) is 1. The van der Waals surface area contributed by atoms with Crippen molar-refractivity contribution in [2.24, 2.45) is 11.3 Å². The third-order valence-corrected chi connectivity index (χ3v) is 4.49. The molecule has 1 fully saturated rings. The van der Waals surface area contributed by atoms with Crippen LogP contribution in [-0.2, 0) is 9.53 Å². The Labute approximate surface area is 127 Å². The predicted octanol–water partition coefficient (Wildman–Crippen LogP) is 1.89. The van der Waals surface area contributed by atoms with Gasteiger partial charge in [-0.1, -0.05) is 20.8 Å². The number of ether oxygens (including phenoxy) is 1. The summed E-state index contributed by atoms with van der Waals surface area (Å²) >= 11 is 0. The van der Waals surface area contributed by atoms with Crippen LogP contribution in [0.4, 0.5) is 4.79 Å². The summed E-state index contributed by atoms with van der Waals surface area (Å²) in [6.07, 6.45) is 0. The number of carboxylic acids is 1. The predicted molar refractivity (Wildman–Crippen MR) is 80.2 cm³/mol. The third-order valence-electron chi connectivity index (χ3n) is 4.49. The Hall–Kier alpha value is -1.30. The number of hydrogen-bond donors (Lipinski definition) is 1. The van der Waals surface area contributed by atoms with Gasteiger partial charge in [-0.25, -0.2) is 4.79 Å². The molecule has 122 valence electrons. The summed E-state index contributed by atoms with van der Waals surface area (Å²) < 4.78 is 5.28. The SMILES string of the molecule is CCN(C(=O)N(C)C(C)C(C)(C)C)C1COCC1C(=O)O. The molecule has 2 amide bonds. The van der Waals surface area contributed by atoms with E-state index >= 15 is 0 Å². The highest BCUT2D eigenvalue weighted by Crippen LogP contribution is 2.26. The molecule has 1 saturated heterocycles. The van der Waals surface area contributed by atoms with E-state index in [0.717, 1.165) is 0 Å². The van der Waals surface area contributed by atoms with Crippen molar-refractivity contribution in [2.75, 3.05) is 26.8 Å². The molecule has 3 atom stereocenters. The largest absolute Gasteiger partial charge is 0.481 e. The van der Waals surface area contributed by atoms with Crippen LogP contribution < -0.4 is 0 Å². The average Bonchev–Trinajstić information content (AvgIpc) is 2.86. The molecule has 21 heavy (non-hydrogen) atoms. The quantitative estimate of drug-likeness (QED) is 0.861. The monoisotopic (exact) mass is 300 g/mol. The van der Waals surface area contributed by atoms with Gasteiger partial charge in [0.05, 0.1) is 19.3 Å². The summed E-state index contributed by atoms with van der Waals surface area (Å²) in [6.45, 7) is 11.0. The van der Waals surface area contributed by atoms with E-state index in [9.17, 15) is 14.7 Å². The van der Waals surface area contributed by atoms with Crippen molar-refractivity contribution in [1.82, 2.24) is 9.80 Å². The van der Waals surface area contributed by atoms with Crippen LogP contribution in [0.3, 0.4) is 0 Å². The summed E-state index contributed by atoms with van der Waals surface area (Å²) in [7, 11) is 1.77. The summed E-state index contributed by atoms with van der Waals surface area (Å²) in [6, 6.07) is -0.485. The number of carbonyl (C=O) groups excluding carboxylic acids is 1. The topological polar surface area (TPSA) is 70.1 Å². The fourth-order valence-electron chi connectivity index (χ4n) is 2.55. The molecule has 1 heterocycles. The molecule has 6 heteroatoms. The number of nitrogens with zero attached hydrogens (tertiary/aromatic N) is 2. The number of aliphatic carboxylic acids is 1. The highest BCUT2D eigenvalue weighted by atomic mass is 16.5. The lowest BCUT2D eigenvalue weighted by Crippen LogP contribution is -2.54. The molecule has 0 radical (unpaired) electrons. The van der Waals surface area contributed by atoms with E-state index in [4.69, 9.17) is 4.74 Å². The second-order valence-electron chi connectivity index (χ2n) is 6.77. The van der Waals surface area contributed by atoms with Crippen molar-refractivity contribution in [1.29, 1.82) is 0 Å². The molecule has 6 nitrogen and oxygen atoms in total. The van der Waals surface area contributed by atoms with Crippen LogP contribution in [0.15, 0.2) is 0 Å². The lowest BCUT2D eigenvalue weighted by atomic mass is 9.87. The smallest absolute Gasteiger partial charge is 0.320 e. The van der Waals surface area contributed by atoms with E-state index in [1.807, 2.05) is 13.8 Å². The van der Waals surface area contributed by atoms with Crippen LogP contribution in [0.25, 0.3) is 0 Å². The Morgan fingerprint density at radius 1 is 1.33 bits per heavy atom. The number of urea groups is 1. The molecule has 0 saturated carbocycles. The van der Waals surface area contributed by atoms with Gasteiger partial charge in [-0.15, -0.1) is 0 Å². The number of hydrogen-bond acceptors (Lipinski definition) is 3. The van der Waals surface area contributed by atoms with Crippen LogP contribution in [0.2, 0.25) is 0 Å². The standard InChI is InChI=1S/C15H28N2O4/c1-7-17(12-9-21-8-11(12)13(18)19)14(20)16(6)10(2)15(3,4)5/h10-12H,7-9H2,1-6H3,(H,18,19). The van der Waals surface area contributed by atoms with Crippen molar-refractivity contribution in [3.8, 4) is 0 Å². The highest BCUT2D eigenvalue weighted by Gasteiger charge is 2.41. The van der Waals surface area contributed by atoms with Gasteiger partial charge in [0, 0.05) is 19.6 Å². The van der Waals surface area contributed by atoms with E-state index < -0.39 is 17.9 Å². The average molecular weight is 300 g/mol. The first-order valence-corrected chi connectivity index (χ1v) is 7.45. The van der Waals surface area contributed by atoms with Crippen molar-refractivity contribution < 1.29 is 19.4 Å². The minimum Gasteiger partial charge on any atom is -0.481 e. The zero-order valence-corrected chi connectivity index (χ0v) is 13.9. The van der Waals surface area contributed by atoms with Gasteiger partial charge in [0.2, 0.25) is 0 Å². The minimum absolute atomic E-state index is 0.0395. The molecule has 1 aliphatic heterocycles. The molecule has 0 bridgehead atoms. The van der Waals surface area contributed by atoms with Crippen LogP contribution >= 0.6 is 0 Å². The lowest BCUT2D eigenvalue weighted by Gasteiger charge is -2.40. The molecule has 0 spiro atoms. The molecule has 1 N–H and O–H groups in total. The maximum absolute atomic E-state index is 12.7. The molecule has 0 aliphatic carbocycles. The molecule has 0 aromatic carbocycles. The molecular weight excluding hydrogens is 272 g/mol. The van der Waals surface area contributed by atoms with Crippen LogP contribution in [0.1, 0.15) is 34.6 Å². The number of rotatable bonds is 4. The Kier molecular flexibility index (Phi) is 5.61. The summed E-state index contributed by atoms with van der Waals surface area (Å²) in [4.78, 5) is 27.3. The van der Waals surface area contributed by atoms with E-state index in [0.29, 0.717) is 6.54 Å². The van der Waals surface area contributed by atoms with Crippen LogP contribution in [-0.4, -0.2) is 65.8 Å². The fraction of sp³-hybridized carbons (Fsp3) is 0.867. The third kappa shape index (κ3) is 3.87. The number of likely N-dealkylation sites (N-methyl/N-ethyl adjacent to an activating group) is 1. The van der Waals surface area contributed by atoms with Crippen molar-refractivity contribution in [3.63, 3.8) is 0 Å². The van der Waals surface area contributed by atoms with E-state index in [1.165, 1.54) is 0 Å². The lowest BCUT2D eigenvalue weighted by molar-refractivity contribution is -0.142. The summed E-state index contributed by atoms with van der Waals surface area (Å²) in [5, 5.41) is 9.26. The fourth-order valence-corrected chi connectivity index (χ4v) is 2.55. The Morgan fingerprint density at radius 3 is 2.33 bits per heavy atom. The van der Waals surface area contributed by atoms with E-state index in [-0.39, 0.29) is 30.7 Å². The van der Waals surface area contributed by atoms with Crippen molar-refractivity contribution in [3.05, 3.63) is 0 Å². The van der Waals surface area contributed by atoms with E-state index in [2.05, 4.69) is 20.8 Å². The summed E-state index contributed by atoms with van der Waals surface area (Å²) in [5.41, 5.74) is -0.0395. The number of carbonyl (C=O) groups is 2. The maximum Gasteiger partial charge on any atom is 0.320 e. The van der Waals surface area contributed by atoms with Gasteiger partial charge in [-0.3, -0.25) is 4.79 Å². The molecule has 1 rings (SSSR count). The second kappa shape index (κ2) is 6.64. The van der Waals surface area contributed by atoms with Gasteiger partial charge < -0.3 is 19.6 Å². The van der Waals surface area contributed by atoms with Gasteiger partial charge in [0.1, 0.15) is 5.92 Å². The second-order valence-corrected chi connectivity index (χ2v) is 6.77. The van der Waals surface area contributed by atoms with Crippen molar-refractivity contribution >= 4 is 12.0 Å². The maximum atomic E-state index is 12.7. The Morgan fingerprint density at radius 2 is 1.90 bits per heavy atom. The van der Waals surface area contributed by atoms with Crippen molar-refractivity contribution in [2.45, 2.75) is 46.7 Å². The van der Waals surface area contributed by atoms with Gasteiger partial charge >= 0.3 is 12.0 Å². The molecule has 1 aliphatic rings. The molecule has 3 unspecified atom stereocenters. The molecule has 0 aromatic rings. The molecule has 0 aromatic heterocycles. The van der Waals surface area contributed by atoms with Gasteiger partial charge in [-0.05, 0) is 19.3 Å². The summed E-state index contributed by atoms with van der Waals surface area (Å²) in [5.74, 6) is -1.55. The van der Waals surface area contributed by atoms with Crippen LogP contribution in [0.5, 0.6) is 0 Å². The van der Waals surface area contributed by atoms with E-state index in [1.54, 1.807) is 16.8 Å². The Bertz CT molecular complexity index is 392. The zero-order valence-electron chi connectivity index (χ0n) is 13.9. The zero-order chi connectivity index (χ0) is 16.4. The number of amides is 2.